The second-order valence-corrected chi connectivity index (χ2v) is 5.46. The second-order valence-electron chi connectivity index (χ2n) is 5.46. The van der Waals surface area contributed by atoms with Crippen LogP contribution in [0.5, 0.6) is 5.75 Å². The van der Waals surface area contributed by atoms with E-state index in [1.165, 1.54) is 18.4 Å². The maximum Gasteiger partial charge on any atom is 0.119 e. The van der Waals surface area contributed by atoms with E-state index in [-0.39, 0.29) is 0 Å². The van der Waals surface area contributed by atoms with Crippen molar-refractivity contribution in [3.05, 3.63) is 29.8 Å². The highest BCUT2D eigenvalue weighted by molar-refractivity contribution is 5.29. The highest BCUT2D eigenvalue weighted by atomic mass is 16.5. The van der Waals surface area contributed by atoms with Crippen LogP contribution in [0.25, 0.3) is 0 Å². The fourth-order valence-corrected chi connectivity index (χ4v) is 2.56. The van der Waals surface area contributed by atoms with E-state index in [1.54, 1.807) is 0 Å². The van der Waals surface area contributed by atoms with E-state index in [4.69, 9.17) is 4.74 Å². The lowest BCUT2D eigenvalue weighted by atomic mass is 10.0. The molecule has 1 fully saturated rings. The summed E-state index contributed by atoms with van der Waals surface area (Å²) in [6.07, 6.45) is 4.72. The average Bonchev–Trinajstić information content (AvgIpc) is 2.93. The molecule has 0 aromatic heterocycles. The Balaban J connectivity index is 1.79. The molecular formula is C16H27N3O. The van der Waals surface area contributed by atoms with Crippen LogP contribution in [0, 0.1) is 0 Å². The van der Waals surface area contributed by atoms with Crippen LogP contribution in [0.3, 0.4) is 0 Å². The van der Waals surface area contributed by atoms with E-state index < -0.39 is 0 Å². The van der Waals surface area contributed by atoms with Crippen molar-refractivity contribution < 1.29 is 4.74 Å². The fraction of sp³-hybridized carbons (Fsp3) is 0.625. The Kier molecular flexibility index (Phi) is 6.30. The molecule has 1 aliphatic heterocycles. The molecule has 1 heterocycles. The maximum atomic E-state index is 5.74. The second kappa shape index (κ2) is 8.25. The highest BCUT2D eigenvalue weighted by Gasteiger charge is 2.24. The topological polar surface area (TPSA) is 45.3 Å². The van der Waals surface area contributed by atoms with Gasteiger partial charge < -0.3 is 10.1 Å². The molecular weight excluding hydrogens is 250 g/mol. The fourth-order valence-electron chi connectivity index (χ4n) is 2.56. The predicted octanol–water partition coefficient (Wildman–Crippen LogP) is 2.38. The van der Waals surface area contributed by atoms with Gasteiger partial charge in [0.05, 0.1) is 6.61 Å². The number of hydrazine groups is 1. The van der Waals surface area contributed by atoms with Gasteiger partial charge in [0.25, 0.3) is 0 Å². The Hall–Kier alpha value is -1.10. The Morgan fingerprint density at radius 1 is 1.20 bits per heavy atom. The highest BCUT2D eigenvalue weighted by Crippen LogP contribution is 2.24. The van der Waals surface area contributed by atoms with Crippen LogP contribution in [-0.2, 0) is 0 Å². The van der Waals surface area contributed by atoms with E-state index in [0.29, 0.717) is 12.1 Å². The molecule has 3 N–H and O–H groups in total. The van der Waals surface area contributed by atoms with Gasteiger partial charge >= 0.3 is 0 Å². The molecule has 2 atom stereocenters. The molecule has 112 valence electrons. The minimum absolute atomic E-state index is 0.391. The van der Waals surface area contributed by atoms with Crippen LogP contribution in [0.2, 0.25) is 0 Å². The van der Waals surface area contributed by atoms with Crippen molar-refractivity contribution in [1.29, 1.82) is 0 Å². The summed E-state index contributed by atoms with van der Waals surface area (Å²) in [5.74, 6) is 0.975. The first-order valence-corrected chi connectivity index (χ1v) is 7.72. The van der Waals surface area contributed by atoms with E-state index in [0.717, 1.165) is 31.7 Å². The molecule has 1 aromatic rings. The van der Waals surface area contributed by atoms with Gasteiger partial charge in [0, 0.05) is 18.6 Å². The molecule has 1 saturated heterocycles. The third kappa shape index (κ3) is 4.47. The molecule has 0 saturated carbocycles. The lowest BCUT2D eigenvalue weighted by molar-refractivity contribution is 0.306. The predicted molar refractivity (Wildman–Crippen MR) is 82.8 cm³/mol. The third-order valence-electron chi connectivity index (χ3n) is 3.73. The van der Waals surface area contributed by atoms with Crippen molar-refractivity contribution in [2.45, 2.75) is 44.7 Å². The molecule has 2 unspecified atom stereocenters. The van der Waals surface area contributed by atoms with Crippen LogP contribution in [0.4, 0.5) is 0 Å². The number of unbranched alkanes of at least 4 members (excludes halogenated alkanes) is 2. The van der Waals surface area contributed by atoms with Gasteiger partial charge in [-0.15, -0.1) is 0 Å². The lowest BCUT2D eigenvalue weighted by Gasteiger charge is -2.11. The van der Waals surface area contributed by atoms with Crippen LogP contribution in [0.1, 0.15) is 44.2 Å². The van der Waals surface area contributed by atoms with Crippen molar-refractivity contribution in [3.63, 3.8) is 0 Å². The molecule has 0 spiro atoms. The van der Waals surface area contributed by atoms with Crippen LogP contribution < -0.4 is 20.9 Å². The summed E-state index contributed by atoms with van der Waals surface area (Å²) in [7, 11) is 1.99. The zero-order chi connectivity index (χ0) is 14.2. The number of hydrogen-bond acceptors (Lipinski definition) is 4. The van der Waals surface area contributed by atoms with Crippen LogP contribution in [0.15, 0.2) is 24.3 Å². The van der Waals surface area contributed by atoms with Gasteiger partial charge in [-0.25, -0.2) is 5.43 Å². The van der Waals surface area contributed by atoms with E-state index in [9.17, 15) is 0 Å². The number of benzene rings is 1. The van der Waals surface area contributed by atoms with Crippen molar-refractivity contribution in [2.75, 3.05) is 20.2 Å². The minimum Gasteiger partial charge on any atom is -0.494 e. The summed E-state index contributed by atoms with van der Waals surface area (Å²) in [5, 5.41) is 3.20. The van der Waals surface area contributed by atoms with Crippen LogP contribution in [-0.4, -0.2) is 26.2 Å². The largest absolute Gasteiger partial charge is 0.494 e. The number of likely N-dealkylation sites (N-methyl/N-ethyl adjacent to an activating group) is 1. The molecule has 1 aromatic carbocycles. The van der Waals surface area contributed by atoms with Crippen molar-refractivity contribution in [3.8, 4) is 5.75 Å². The van der Waals surface area contributed by atoms with Gasteiger partial charge in [0.1, 0.15) is 5.75 Å². The number of rotatable bonds is 8. The maximum absolute atomic E-state index is 5.74. The smallest absolute Gasteiger partial charge is 0.119 e. The Bertz CT molecular complexity index is 380. The quantitative estimate of drug-likeness (QED) is 0.638. The van der Waals surface area contributed by atoms with Crippen LogP contribution >= 0.6 is 0 Å². The van der Waals surface area contributed by atoms with E-state index >= 15 is 0 Å². The van der Waals surface area contributed by atoms with Gasteiger partial charge in [0.15, 0.2) is 0 Å². The summed E-state index contributed by atoms with van der Waals surface area (Å²) in [5.41, 5.74) is 8.00. The Morgan fingerprint density at radius 3 is 2.70 bits per heavy atom. The van der Waals surface area contributed by atoms with E-state index in [1.807, 2.05) is 7.05 Å². The molecule has 0 bridgehead atoms. The molecule has 0 amide bonds. The molecule has 0 radical (unpaired) electrons. The summed E-state index contributed by atoms with van der Waals surface area (Å²) < 4.78 is 5.74. The van der Waals surface area contributed by atoms with E-state index in [2.05, 4.69) is 47.4 Å². The molecule has 2 rings (SSSR count). The summed E-state index contributed by atoms with van der Waals surface area (Å²) in [4.78, 5) is 0. The van der Waals surface area contributed by atoms with Crippen molar-refractivity contribution >= 4 is 0 Å². The van der Waals surface area contributed by atoms with Crippen molar-refractivity contribution in [2.24, 2.45) is 0 Å². The third-order valence-corrected chi connectivity index (χ3v) is 3.73. The minimum atomic E-state index is 0.391. The number of nitrogens with one attached hydrogen (secondary N) is 3. The summed E-state index contributed by atoms with van der Waals surface area (Å²) in [6, 6.07) is 9.37. The lowest BCUT2D eigenvalue weighted by Crippen LogP contribution is -2.36. The Labute approximate surface area is 122 Å². The molecule has 4 heteroatoms. The standard InChI is InChI=1S/C16H27N3O/c1-3-4-5-10-20-15-8-6-13(7-9-15)16-11-14(12-17-2)18-19-16/h6-9,14,16-19H,3-5,10-12H2,1-2H3. The number of ether oxygens (including phenoxy) is 1. The molecule has 20 heavy (non-hydrogen) atoms. The van der Waals surface area contributed by atoms with Gasteiger partial charge in [-0.2, -0.15) is 0 Å². The monoisotopic (exact) mass is 277 g/mol. The molecule has 4 nitrogen and oxygen atoms in total. The summed E-state index contributed by atoms with van der Waals surface area (Å²) in [6.45, 7) is 4.02. The first kappa shape index (κ1) is 15.3. The van der Waals surface area contributed by atoms with Gasteiger partial charge in [-0.1, -0.05) is 31.9 Å². The summed E-state index contributed by atoms with van der Waals surface area (Å²) >= 11 is 0. The average molecular weight is 277 g/mol. The first-order valence-electron chi connectivity index (χ1n) is 7.72. The zero-order valence-electron chi connectivity index (χ0n) is 12.6. The first-order chi connectivity index (χ1) is 9.83. The van der Waals surface area contributed by atoms with Gasteiger partial charge in [-0.3, -0.25) is 5.43 Å². The SMILES string of the molecule is CCCCCOc1ccc(C2CC(CNC)NN2)cc1. The molecule has 0 aliphatic carbocycles. The van der Waals surface area contributed by atoms with Gasteiger partial charge in [-0.05, 0) is 37.6 Å². The van der Waals surface area contributed by atoms with Gasteiger partial charge in [0.2, 0.25) is 0 Å². The van der Waals surface area contributed by atoms with Crippen molar-refractivity contribution in [1.82, 2.24) is 16.2 Å². The Morgan fingerprint density at radius 2 is 2.00 bits per heavy atom. The molecule has 1 aliphatic rings. The normalized spacial score (nSPS) is 22.1. The number of hydrogen-bond donors (Lipinski definition) is 3. The zero-order valence-corrected chi connectivity index (χ0v) is 12.6.